The molecule has 26 heavy (non-hydrogen) atoms. The smallest absolute Gasteiger partial charge is 0.317 e. The summed E-state index contributed by atoms with van der Waals surface area (Å²) in [5, 5.41) is 3.04. The molecule has 0 aromatic heterocycles. The van der Waals surface area contributed by atoms with Crippen molar-refractivity contribution in [1.29, 1.82) is 0 Å². The summed E-state index contributed by atoms with van der Waals surface area (Å²) in [6.07, 6.45) is 0. The third-order valence-corrected chi connectivity index (χ3v) is 4.65. The van der Waals surface area contributed by atoms with Gasteiger partial charge < -0.3 is 20.0 Å². The molecule has 138 valence electrons. The Morgan fingerprint density at radius 2 is 1.54 bits per heavy atom. The molecule has 0 bridgehead atoms. The molecule has 1 N–H and O–H groups in total. The van der Waals surface area contributed by atoms with Crippen LogP contribution in [0.3, 0.4) is 0 Å². The van der Waals surface area contributed by atoms with E-state index in [1.54, 1.807) is 0 Å². The summed E-state index contributed by atoms with van der Waals surface area (Å²) in [6, 6.07) is 18.8. The highest BCUT2D eigenvalue weighted by Gasteiger charge is 2.20. The highest BCUT2D eigenvalue weighted by atomic mass is 16.2. The molecule has 2 aromatic carbocycles. The zero-order chi connectivity index (χ0) is 18.4. The van der Waals surface area contributed by atoms with Crippen molar-refractivity contribution in [2.45, 2.75) is 13.1 Å². The van der Waals surface area contributed by atoms with E-state index in [9.17, 15) is 4.79 Å². The molecule has 2 amide bonds. The fourth-order valence-electron chi connectivity index (χ4n) is 3.22. The maximum Gasteiger partial charge on any atom is 0.317 e. The molecule has 5 heteroatoms. The average Bonchev–Trinajstić information content (AvgIpc) is 2.67. The molecular formula is C21H28N4O. The Morgan fingerprint density at radius 1 is 0.923 bits per heavy atom. The zero-order valence-electron chi connectivity index (χ0n) is 15.7. The molecule has 0 unspecified atom stereocenters. The summed E-state index contributed by atoms with van der Waals surface area (Å²) < 4.78 is 0. The predicted octanol–water partition coefficient (Wildman–Crippen LogP) is 2.78. The van der Waals surface area contributed by atoms with Crippen molar-refractivity contribution in [3.8, 4) is 0 Å². The van der Waals surface area contributed by atoms with Crippen LogP contribution in [0.5, 0.6) is 0 Å². The van der Waals surface area contributed by atoms with Gasteiger partial charge in [0.25, 0.3) is 0 Å². The van der Waals surface area contributed by atoms with E-state index in [0.717, 1.165) is 38.3 Å². The first kappa shape index (κ1) is 18.3. The van der Waals surface area contributed by atoms with Gasteiger partial charge in [0.1, 0.15) is 0 Å². The standard InChI is InChI=1S/C21H28N4O/c1-23(2)17-19-10-8-18(9-11-19)16-22-21(26)25-14-12-24(13-15-25)20-6-4-3-5-7-20/h3-11H,12-17H2,1-2H3,(H,22,26). The van der Waals surface area contributed by atoms with Crippen molar-refractivity contribution in [2.75, 3.05) is 45.2 Å². The van der Waals surface area contributed by atoms with Gasteiger partial charge in [-0.1, -0.05) is 42.5 Å². The number of piperazine rings is 1. The first-order valence-corrected chi connectivity index (χ1v) is 9.17. The minimum Gasteiger partial charge on any atom is -0.368 e. The van der Waals surface area contributed by atoms with Gasteiger partial charge in [-0.2, -0.15) is 0 Å². The lowest BCUT2D eigenvalue weighted by Gasteiger charge is -2.36. The van der Waals surface area contributed by atoms with Crippen LogP contribution in [0.15, 0.2) is 54.6 Å². The second-order valence-corrected chi connectivity index (χ2v) is 7.02. The summed E-state index contributed by atoms with van der Waals surface area (Å²) in [7, 11) is 4.12. The van der Waals surface area contributed by atoms with Crippen LogP contribution in [0.25, 0.3) is 0 Å². The predicted molar refractivity (Wildman–Crippen MR) is 106 cm³/mol. The lowest BCUT2D eigenvalue weighted by atomic mass is 10.1. The Balaban J connectivity index is 1.44. The Hall–Kier alpha value is -2.53. The van der Waals surface area contributed by atoms with E-state index >= 15 is 0 Å². The molecular weight excluding hydrogens is 324 g/mol. The number of nitrogens with zero attached hydrogens (tertiary/aromatic N) is 3. The molecule has 5 nitrogen and oxygen atoms in total. The highest BCUT2D eigenvalue weighted by molar-refractivity contribution is 5.74. The number of amides is 2. The first-order chi connectivity index (χ1) is 12.6. The Morgan fingerprint density at radius 3 is 2.15 bits per heavy atom. The number of carbonyl (C=O) groups excluding carboxylic acids is 1. The number of nitrogens with one attached hydrogen (secondary N) is 1. The van der Waals surface area contributed by atoms with E-state index in [4.69, 9.17) is 0 Å². The van der Waals surface area contributed by atoms with Crippen LogP contribution in [-0.4, -0.2) is 56.1 Å². The van der Waals surface area contributed by atoms with Crippen molar-refractivity contribution < 1.29 is 4.79 Å². The second kappa shape index (κ2) is 8.72. The first-order valence-electron chi connectivity index (χ1n) is 9.17. The molecule has 1 fully saturated rings. The normalized spacial score (nSPS) is 14.6. The molecule has 0 aliphatic carbocycles. The summed E-state index contributed by atoms with van der Waals surface area (Å²) in [4.78, 5) is 18.8. The van der Waals surface area contributed by atoms with Crippen LogP contribution < -0.4 is 10.2 Å². The number of carbonyl (C=O) groups is 1. The Labute approximate surface area is 156 Å². The molecule has 1 aliphatic rings. The highest BCUT2D eigenvalue weighted by Crippen LogP contribution is 2.15. The van der Waals surface area contributed by atoms with Gasteiger partial charge in [-0.25, -0.2) is 4.79 Å². The van der Waals surface area contributed by atoms with E-state index < -0.39 is 0 Å². The van der Waals surface area contributed by atoms with Crippen molar-refractivity contribution in [3.63, 3.8) is 0 Å². The third kappa shape index (κ3) is 4.99. The van der Waals surface area contributed by atoms with E-state index in [1.165, 1.54) is 11.3 Å². The van der Waals surface area contributed by atoms with Crippen LogP contribution in [0, 0.1) is 0 Å². The summed E-state index contributed by atoms with van der Waals surface area (Å²) in [5.41, 5.74) is 3.64. The van der Waals surface area contributed by atoms with Crippen LogP contribution in [0.4, 0.5) is 10.5 Å². The topological polar surface area (TPSA) is 38.8 Å². The number of rotatable bonds is 5. The van der Waals surface area contributed by atoms with Crippen molar-refractivity contribution in [3.05, 3.63) is 65.7 Å². The monoisotopic (exact) mass is 352 g/mol. The molecule has 0 saturated carbocycles. The molecule has 0 atom stereocenters. The van der Waals surface area contributed by atoms with E-state index in [1.807, 2.05) is 11.0 Å². The van der Waals surface area contributed by atoms with E-state index in [0.29, 0.717) is 6.54 Å². The van der Waals surface area contributed by atoms with Gasteiger partial charge in [0.2, 0.25) is 0 Å². The van der Waals surface area contributed by atoms with Gasteiger partial charge in [-0.05, 0) is 37.4 Å². The molecule has 1 heterocycles. The van der Waals surface area contributed by atoms with E-state index in [-0.39, 0.29) is 6.03 Å². The van der Waals surface area contributed by atoms with Gasteiger partial charge in [0.15, 0.2) is 0 Å². The van der Waals surface area contributed by atoms with Crippen LogP contribution in [-0.2, 0) is 13.1 Å². The van der Waals surface area contributed by atoms with Gasteiger partial charge in [0, 0.05) is 45.0 Å². The number of urea groups is 1. The molecule has 1 aliphatic heterocycles. The quantitative estimate of drug-likeness (QED) is 0.899. The fourth-order valence-corrected chi connectivity index (χ4v) is 3.22. The zero-order valence-corrected chi connectivity index (χ0v) is 15.7. The number of anilines is 1. The Kier molecular flexibility index (Phi) is 6.12. The maximum atomic E-state index is 12.4. The third-order valence-electron chi connectivity index (χ3n) is 4.65. The summed E-state index contributed by atoms with van der Waals surface area (Å²) in [6.45, 7) is 4.75. The Bertz CT molecular complexity index is 692. The number of hydrogen-bond donors (Lipinski definition) is 1. The second-order valence-electron chi connectivity index (χ2n) is 7.02. The van der Waals surface area contributed by atoms with Crippen molar-refractivity contribution in [2.24, 2.45) is 0 Å². The minimum atomic E-state index is 0.0232. The van der Waals surface area contributed by atoms with Gasteiger partial charge >= 0.3 is 6.03 Å². The van der Waals surface area contributed by atoms with Crippen LogP contribution >= 0.6 is 0 Å². The maximum absolute atomic E-state index is 12.4. The fraction of sp³-hybridized carbons (Fsp3) is 0.381. The minimum absolute atomic E-state index is 0.0232. The SMILES string of the molecule is CN(C)Cc1ccc(CNC(=O)N2CCN(c3ccccc3)CC2)cc1. The van der Waals surface area contributed by atoms with Gasteiger partial charge in [-0.3, -0.25) is 0 Å². The largest absolute Gasteiger partial charge is 0.368 e. The molecule has 0 radical (unpaired) electrons. The van der Waals surface area contributed by atoms with Crippen molar-refractivity contribution >= 4 is 11.7 Å². The van der Waals surface area contributed by atoms with Crippen molar-refractivity contribution in [1.82, 2.24) is 15.1 Å². The lowest BCUT2D eigenvalue weighted by Crippen LogP contribution is -2.51. The average molecular weight is 352 g/mol. The van der Waals surface area contributed by atoms with Crippen LogP contribution in [0.1, 0.15) is 11.1 Å². The molecule has 2 aromatic rings. The lowest BCUT2D eigenvalue weighted by molar-refractivity contribution is 0.194. The number of para-hydroxylation sites is 1. The molecule has 0 spiro atoms. The molecule has 1 saturated heterocycles. The molecule has 3 rings (SSSR count). The summed E-state index contributed by atoms with van der Waals surface area (Å²) >= 11 is 0. The van der Waals surface area contributed by atoms with E-state index in [2.05, 4.69) is 77.7 Å². The summed E-state index contributed by atoms with van der Waals surface area (Å²) in [5.74, 6) is 0. The van der Waals surface area contributed by atoms with Gasteiger partial charge in [-0.15, -0.1) is 0 Å². The van der Waals surface area contributed by atoms with Gasteiger partial charge in [0.05, 0.1) is 0 Å². The number of hydrogen-bond acceptors (Lipinski definition) is 3. The van der Waals surface area contributed by atoms with Crippen LogP contribution in [0.2, 0.25) is 0 Å². The number of benzene rings is 2.